The Kier molecular flexibility index (Phi) is 5.34. The molecule has 0 heterocycles. The van der Waals surface area contributed by atoms with Gasteiger partial charge in [0.05, 0.1) is 21.3 Å². The van der Waals surface area contributed by atoms with E-state index in [-0.39, 0.29) is 6.04 Å². The molecule has 1 saturated carbocycles. The van der Waals surface area contributed by atoms with Crippen molar-refractivity contribution in [1.82, 2.24) is 0 Å². The molecule has 1 aromatic carbocycles. The Hall–Kier alpha value is -1.42. The van der Waals surface area contributed by atoms with E-state index in [1.54, 1.807) is 21.3 Å². The zero-order valence-electron chi connectivity index (χ0n) is 13.5. The summed E-state index contributed by atoms with van der Waals surface area (Å²) in [7, 11) is 4.88. The van der Waals surface area contributed by atoms with Crippen molar-refractivity contribution in [3.8, 4) is 17.2 Å². The third-order valence-corrected chi connectivity index (χ3v) is 4.56. The van der Waals surface area contributed by atoms with Gasteiger partial charge in [0.15, 0.2) is 11.5 Å². The van der Waals surface area contributed by atoms with E-state index in [1.165, 1.54) is 25.7 Å². The molecule has 0 radical (unpaired) electrons. The maximum atomic E-state index is 6.52. The fourth-order valence-electron chi connectivity index (χ4n) is 3.37. The highest BCUT2D eigenvalue weighted by atomic mass is 16.5. The fraction of sp³-hybridized carbons (Fsp3) is 0.647. The largest absolute Gasteiger partial charge is 0.493 e. The second kappa shape index (κ2) is 7.03. The number of nitrogens with two attached hydrogens (primary N) is 1. The first kappa shape index (κ1) is 16.0. The zero-order chi connectivity index (χ0) is 15.4. The lowest BCUT2D eigenvalue weighted by atomic mass is 9.77. The summed E-state index contributed by atoms with van der Waals surface area (Å²) in [5.41, 5.74) is 7.58. The van der Waals surface area contributed by atoms with Gasteiger partial charge in [-0.2, -0.15) is 0 Å². The molecule has 3 atom stereocenters. The number of hydrogen-bond donors (Lipinski definition) is 1. The summed E-state index contributed by atoms with van der Waals surface area (Å²) >= 11 is 0. The van der Waals surface area contributed by atoms with Gasteiger partial charge < -0.3 is 19.9 Å². The lowest BCUT2D eigenvalue weighted by Crippen LogP contribution is -2.26. The van der Waals surface area contributed by atoms with Gasteiger partial charge in [-0.05, 0) is 42.4 Å². The number of rotatable bonds is 5. The van der Waals surface area contributed by atoms with Gasteiger partial charge in [-0.25, -0.2) is 0 Å². The average Bonchev–Trinajstić information content (AvgIpc) is 2.52. The molecule has 2 rings (SSSR count). The van der Waals surface area contributed by atoms with Crippen molar-refractivity contribution in [1.29, 1.82) is 0 Å². The quantitative estimate of drug-likeness (QED) is 0.902. The van der Waals surface area contributed by atoms with Crippen molar-refractivity contribution in [3.05, 3.63) is 17.7 Å². The Balaban J connectivity index is 2.30. The van der Waals surface area contributed by atoms with Crippen LogP contribution in [-0.2, 0) is 0 Å². The van der Waals surface area contributed by atoms with Gasteiger partial charge in [-0.15, -0.1) is 0 Å². The number of ether oxygens (including phenoxy) is 3. The molecule has 2 N–H and O–H groups in total. The monoisotopic (exact) mass is 293 g/mol. The van der Waals surface area contributed by atoms with Gasteiger partial charge in [0.25, 0.3) is 0 Å². The topological polar surface area (TPSA) is 53.7 Å². The summed E-state index contributed by atoms with van der Waals surface area (Å²) in [6.07, 6.45) is 4.97. The van der Waals surface area contributed by atoms with Crippen molar-refractivity contribution in [2.45, 2.75) is 38.6 Å². The first-order chi connectivity index (χ1) is 10.1. The second-order valence-electron chi connectivity index (χ2n) is 6.02. The van der Waals surface area contributed by atoms with Crippen LogP contribution in [0.5, 0.6) is 17.2 Å². The van der Waals surface area contributed by atoms with Gasteiger partial charge in [0, 0.05) is 6.04 Å². The molecule has 0 bridgehead atoms. The van der Waals surface area contributed by atoms with Crippen molar-refractivity contribution in [3.63, 3.8) is 0 Å². The minimum atomic E-state index is 0.0152. The van der Waals surface area contributed by atoms with Crippen molar-refractivity contribution >= 4 is 0 Å². The van der Waals surface area contributed by atoms with Crippen LogP contribution in [0.25, 0.3) is 0 Å². The van der Waals surface area contributed by atoms with Crippen LogP contribution in [0.1, 0.15) is 44.2 Å². The van der Waals surface area contributed by atoms with Crippen LogP contribution in [0.2, 0.25) is 0 Å². The van der Waals surface area contributed by atoms with E-state index in [1.807, 2.05) is 12.1 Å². The van der Waals surface area contributed by atoms with E-state index in [9.17, 15) is 0 Å². The predicted octanol–water partition coefficient (Wildman–Crippen LogP) is 3.54. The molecule has 0 aliphatic heterocycles. The van der Waals surface area contributed by atoms with Crippen molar-refractivity contribution in [2.75, 3.05) is 21.3 Å². The Bertz CT molecular complexity index is 450. The maximum Gasteiger partial charge on any atom is 0.203 e. The molecule has 4 heteroatoms. The number of hydrogen-bond acceptors (Lipinski definition) is 4. The normalized spacial score (nSPS) is 23.5. The Labute approximate surface area is 127 Å². The standard InChI is InChI=1S/C17H27NO3/c1-11-6-5-7-12(8-11)16(18)13-9-14(19-2)17(21-4)15(10-13)20-3/h9-12,16H,5-8,18H2,1-4H3. The Morgan fingerprint density at radius 2 is 1.67 bits per heavy atom. The Morgan fingerprint density at radius 1 is 1.05 bits per heavy atom. The van der Waals surface area contributed by atoms with Gasteiger partial charge >= 0.3 is 0 Å². The number of methoxy groups -OCH3 is 3. The smallest absolute Gasteiger partial charge is 0.203 e. The van der Waals surface area contributed by atoms with Crippen LogP contribution in [0.15, 0.2) is 12.1 Å². The van der Waals surface area contributed by atoms with Crippen LogP contribution in [0.4, 0.5) is 0 Å². The van der Waals surface area contributed by atoms with Crippen molar-refractivity contribution in [2.24, 2.45) is 17.6 Å². The first-order valence-corrected chi connectivity index (χ1v) is 7.66. The van der Waals surface area contributed by atoms with Gasteiger partial charge in [-0.1, -0.05) is 19.8 Å². The average molecular weight is 293 g/mol. The minimum Gasteiger partial charge on any atom is -0.493 e. The molecule has 21 heavy (non-hydrogen) atoms. The SMILES string of the molecule is COc1cc(C(N)C2CCCC(C)C2)cc(OC)c1OC. The summed E-state index contributed by atoms with van der Waals surface area (Å²) in [5, 5.41) is 0. The third-order valence-electron chi connectivity index (χ3n) is 4.56. The lowest BCUT2D eigenvalue weighted by Gasteiger charge is -2.31. The molecule has 1 aliphatic carbocycles. The molecule has 0 amide bonds. The molecule has 1 aliphatic rings. The summed E-state index contributed by atoms with van der Waals surface area (Å²) in [6.45, 7) is 2.31. The molecular formula is C17H27NO3. The molecule has 0 spiro atoms. The summed E-state index contributed by atoms with van der Waals surface area (Å²) < 4.78 is 16.2. The van der Waals surface area contributed by atoms with Crippen LogP contribution in [-0.4, -0.2) is 21.3 Å². The molecule has 1 aromatic rings. The summed E-state index contributed by atoms with van der Waals surface area (Å²) in [6, 6.07) is 3.97. The van der Waals surface area contributed by atoms with Crippen molar-refractivity contribution < 1.29 is 14.2 Å². The third kappa shape index (κ3) is 3.43. The lowest BCUT2D eigenvalue weighted by molar-refractivity contribution is 0.247. The maximum absolute atomic E-state index is 6.52. The molecule has 4 nitrogen and oxygen atoms in total. The highest BCUT2D eigenvalue weighted by Crippen LogP contribution is 2.42. The summed E-state index contributed by atoms with van der Waals surface area (Å²) in [4.78, 5) is 0. The van der Waals surface area contributed by atoms with Crippen LogP contribution < -0.4 is 19.9 Å². The van der Waals surface area contributed by atoms with Crippen LogP contribution >= 0.6 is 0 Å². The molecule has 3 unspecified atom stereocenters. The summed E-state index contributed by atoms with van der Waals surface area (Å²) in [5.74, 6) is 3.25. The molecule has 1 fully saturated rings. The molecule has 0 aromatic heterocycles. The molecule has 0 saturated heterocycles. The molecular weight excluding hydrogens is 266 g/mol. The van der Waals surface area contributed by atoms with Gasteiger partial charge in [0.1, 0.15) is 0 Å². The van der Waals surface area contributed by atoms with E-state index in [0.717, 1.165) is 11.5 Å². The number of benzene rings is 1. The zero-order valence-corrected chi connectivity index (χ0v) is 13.5. The predicted molar refractivity (Wildman–Crippen MR) is 84.1 cm³/mol. The van der Waals surface area contributed by atoms with E-state index < -0.39 is 0 Å². The Morgan fingerprint density at radius 3 is 2.14 bits per heavy atom. The molecule has 118 valence electrons. The van der Waals surface area contributed by atoms with E-state index in [0.29, 0.717) is 23.2 Å². The highest BCUT2D eigenvalue weighted by Gasteiger charge is 2.27. The van der Waals surface area contributed by atoms with E-state index >= 15 is 0 Å². The van der Waals surface area contributed by atoms with E-state index in [4.69, 9.17) is 19.9 Å². The van der Waals surface area contributed by atoms with E-state index in [2.05, 4.69) is 6.92 Å². The van der Waals surface area contributed by atoms with Crippen LogP contribution in [0, 0.1) is 11.8 Å². The van der Waals surface area contributed by atoms with Gasteiger partial charge in [-0.3, -0.25) is 0 Å². The minimum absolute atomic E-state index is 0.0152. The van der Waals surface area contributed by atoms with Crippen LogP contribution in [0.3, 0.4) is 0 Å². The fourth-order valence-corrected chi connectivity index (χ4v) is 3.37. The first-order valence-electron chi connectivity index (χ1n) is 7.66. The second-order valence-corrected chi connectivity index (χ2v) is 6.02. The highest BCUT2D eigenvalue weighted by molar-refractivity contribution is 5.54. The van der Waals surface area contributed by atoms with Gasteiger partial charge in [0.2, 0.25) is 5.75 Å².